The van der Waals surface area contributed by atoms with Gasteiger partial charge in [0.25, 0.3) is 0 Å². The predicted molar refractivity (Wildman–Crippen MR) is 64.3 cm³/mol. The minimum absolute atomic E-state index is 0.0335. The maximum absolute atomic E-state index is 13.3. The number of rotatable bonds is 3. The molecule has 0 radical (unpaired) electrons. The third kappa shape index (κ3) is 2.70. The van der Waals surface area contributed by atoms with Crippen LogP contribution in [0.3, 0.4) is 0 Å². The Morgan fingerprint density at radius 3 is 2.78 bits per heavy atom. The summed E-state index contributed by atoms with van der Waals surface area (Å²) in [6.07, 6.45) is 1.91. The van der Waals surface area contributed by atoms with Crippen LogP contribution in [-0.4, -0.2) is 17.1 Å². The first-order chi connectivity index (χ1) is 8.47. The third-order valence-corrected chi connectivity index (χ3v) is 3.21. The van der Waals surface area contributed by atoms with Crippen LogP contribution in [0.4, 0.5) is 10.1 Å². The molecule has 2 unspecified atom stereocenters. The predicted octanol–water partition coefficient (Wildman–Crippen LogP) is 2.65. The van der Waals surface area contributed by atoms with Crippen molar-refractivity contribution in [3.63, 3.8) is 0 Å². The Kier molecular flexibility index (Phi) is 3.68. The van der Waals surface area contributed by atoms with Crippen LogP contribution < -0.4 is 10.5 Å². The molecule has 1 saturated carbocycles. The average Bonchev–Trinajstić information content (AvgIpc) is 2.68. The summed E-state index contributed by atoms with van der Waals surface area (Å²) in [7, 11) is 0. The molecule has 0 saturated heterocycles. The fraction of sp³-hybridized carbons (Fsp3) is 0.455. The van der Waals surface area contributed by atoms with Gasteiger partial charge in [-0.25, -0.2) is 4.39 Å². The molecule has 2 atom stereocenters. The van der Waals surface area contributed by atoms with E-state index in [1.54, 1.807) is 0 Å². The molecule has 0 amide bonds. The Labute approximate surface area is 108 Å². The lowest BCUT2D eigenvalue weighted by Crippen LogP contribution is -2.19. The van der Waals surface area contributed by atoms with Gasteiger partial charge in [0.05, 0.1) is 9.95 Å². The minimum Gasteiger partial charge on any atom is -0.483 e. The van der Waals surface area contributed by atoms with E-state index in [0.717, 1.165) is 18.6 Å². The zero-order chi connectivity index (χ0) is 13.3. The number of nitro groups is 1. The summed E-state index contributed by atoms with van der Waals surface area (Å²) in [4.78, 5) is 10.2. The van der Waals surface area contributed by atoms with E-state index in [-0.39, 0.29) is 28.6 Å². The SMILES string of the molecule is NC1CCC(Oc2cc(F)c(Cl)cc2[N+](=O)[O-])C1. The van der Waals surface area contributed by atoms with Gasteiger partial charge in [0.15, 0.2) is 5.75 Å². The normalized spacial score (nSPS) is 23.1. The first kappa shape index (κ1) is 13.0. The Balaban J connectivity index is 2.25. The van der Waals surface area contributed by atoms with Crippen molar-refractivity contribution >= 4 is 17.3 Å². The van der Waals surface area contributed by atoms with Gasteiger partial charge in [-0.3, -0.25) is 10.1 Å². The Morgan fingerprint density at radius 2 is 2.22 bits per heavy atom. The van der Waals surface area contributed by atoms with E-state index in [4.69, 9.17) is 22.1 Å². The highest BCUT2D eigenvalue weighted by Gasteiger charge is 2.27. The fourth-order valence-corrected chi connectivity index (χ4v) is 2.17. The number of hydrogen-bond donors (Lipinski definition) is 1. The van der Waals surface area contributed by atoms with Gasteiger partial charge in [0.2, 0.25) is 0 Å². The number of nitro benzene ring substituents is 1. The van der Waals surface area contributed by atoms with E-state index < -0.39 is 10.7 Å². The molecular weight excluding hydrogens is 263 g/mol. The Bertz CT molecular complexity index is 484. The molecule has 0 aliphatic heterocycles. The van der Waals surface area contributed by atoms with Gasteiger partial charge in [0, 0.05) is 18.2 Å². The molecule has 2 rings (SSSR count). The minimum atomic E-state index is -0.737. The summed E-state index contributed by atoms with van der Waals surface area (Å²) >= 11 is 5.51. The molecule has 1 aromatic carbocycles. The summed E-state index contributed by atoms with van der Waals surface area (Å²) in [6.45, 7) is 0. The van der Waals surface area contributed by atoms with Gasteiger partial charge in [-0.1, -0.05) is 11.6 Å². The lowest BCUT2D eigenvalue weighted by atomic mass is 10.2. The number of nitrogens with zero attached hydrogens (tertiary/aromatic N) is 1. The summed E-state index contributed by atoms with van der Waals surface area (Å²) in [6, 6.07) is 1.94. The number of nitrogens with two attached hydrogens (primary N) is 1. The molecule has 5 nitrogen and oxygen atoms in total. The number of halogens is 2. The van der Waals surface area contributed by atoms with Crippen LogP contribution in [0.25, 0.3) is 0 Å². The van der Waals surface area contributed by atoms with E-state index in [0.29, 0.717) is 12.8 Å². The van der Waals surface area contributed by atoms with Crippen LogP contribution in [0.15, 0.2) is 12.1 Å². The number of benzene rings is 1. The number of ether oxygens (including phenoxy) is 1. The summed E-state index contributed by atoms with van der Waals surface area (Å²) in [5.41, 5.74) is 5.39. The summed E-state index contributed by atoms with van der Waals surface area (Å²) in [5.74, 6) is -0.833. The monoisotopic (exact) mass is 274 g/mol. The second kappa shape index (κ2) is 5.07. The van der Waals surface area contributed by atoms with Crippen molar-refractivity contribution in [3.8, 4) is 5.75 Å². The van der Waals surface area contributed by atoms with Crippen LogP contribution in [0.1, 0.15) is 19.3 Å². The Hall–Kier alpha value is -1.40. The van der Waals surface area contributed by atoms with Crippen molar-refractivity contribution in [1.29, 1.82) is 0 Å². The molecule has 0 aromatic heterocycles. The van der Waals surface area contributed by atoms with Gasteiger partial charge in [-0.05, 0) is 19.3 Å². The molecule has 2 N–H and O–H groups in total. The van der Waals surface area contributed by atoms with Gasteiger partial charge < -0.3 is 10.5 Å². The van der Waals surface area contributed by atoms with E-state index in [1.807, 2.05) is 0 Å². The molecule has 7 heteroatoms. The largest absolute Gasteiger partial charge is 0.483 e. The fourth-order valence-electron chi connectivity index (χ4n) is 2.02. The standard InChI is InChI=1S/C11H12ClFN2O3/c12-8-4-10(15(16)17)11(5-9(8)13)18-7-2-1-6(14)3-7/h4-7H,1-3,14H2. The van der Waals surface area contributed by atoms with Crippen LogP contribution in [0.5, 0.6) is 5.75 Å². The van der Waals surface area contributed by atoms with Gasteiger partial charge in [-0.15, -0.1) is 0 Å². The van der Waals surface area contributed by atoms with Crippen LogP contribution in [-0.2, 0) is 0 Å². The van der Waals surface area contributed by atoms with Gasteiger partial charge >= 0.3 is 5.69 Å². The van der Waals surface area contributed by atoms with Gasteiger partial charge in [0.1, 0.15) is 11.9 Å². The molecule has 1 aliphatic rings. The lowest BCUT2D eigenvalue weighted by Gasteiger charge is -2.13. The molecule has 98 valence electrons. The van der Waals surface area contributed by atoms with Crippen LogP contribution in [0, 0.1) is 15.9 Å². The van der Waals surface area contributed by atoms with E-state index >= 15 is 0 Å². The van der Waals surface area contributed by atoms with Crippen molar-refractivity contribution in [1.82, 2.24) is 0 Å². The average molecular weight is 275 g/mol. The maximum atomic E-state index is 13.3. The van der Waals surface area contributed by atoms with Crippen molar-refractivity contribution < 1.29 is 14.1 Å². The molecule has 0 spiro atoms. The molecule has 0 heterocycles. The third-order valence-electron chi connectivity index (χ3n) is 2.92. The lowest BCUT2D eigenvalue weighted by molar-refractivity contribution is -0.386. The van der Waals surface area contributed by atoms with Crippen LogP contribution in [0.2, 0.25) is 5.02 Å². The maximum Gasteiger partial charge on any atom is 0.312 e. The summed E-state index contributed by atoms with van der Waals surface area (Å²) < 4.78 is 18.8. The Morgan fingerprint density at radius 1 is 1.50 bits per heavy atom. The molecule has 1 fully saturated rings. The smallest absolute Gasteiger partial charge is 0.312 e. The second-order valence-corrected chi connectivity index (χ2v) is 4.71. The van der Waals surface area contributed by atoms with E-state index in [1.165, 1.54) is 0 Å². The first-order valence-electron chi connectivity index (χ1n) is 5.53. The molecular formula is C11H12ClFN2O3. The quantitative estimate of drug-likeness (QED) is 0.679. The summed E-state index contributed by atoms with van der Waals surface area (Å²) in [5, 5.41) is 10.5. The van der Waals surface area contributed by atoms with Crippen molar-refractivity contribution in [2.45, 2.75) is 31.4 Å². The van der Waals surface area contributed by atoms with E-state index in [9.17, 15) is 14.5 Å². The van der Waals surface area contributed by atoms with Crippen molar-refractivity contribution in [2.75, 3.05) is 0 Å². The highest BCUT2D eigenvalue weighted by Crippen LogP contribution is 2.34. The highest BCUT2D eigenvalue weighted by molar-refractivity contribution is 6.31. The zero-order valence-corrected chi connectivity index (χ0v) is 10.2. The molecule has 0 bridgehead atoms. The van der Waals surface area contributed by atoms with Crippen LogP contribution >= 0.6 is 11.6 Å². The van der Waals surface area contributed by atoms with E-state index in [2.05, 4.69) is 0 Å². The zero-order valence-electron chi connectivity index (χ0n) is 9.44. The second-order valence-electron chi connectivity index (χ2n) is 4.30. The highest BCUT2D eigenvalue weighted by atomic mass is 35.5. The molecule has 18 heavy (non-hydrogen) atoms. The van der Waals surface area contributed by atoms with Gasteiger partial charge in [-0.2, -0.15) is 0 Å². The van der Waals surface area contributed by atoms with Crippen molar-refractivity contribution in [3.05, 3.63) is 33.1 Å². The number of hydrogen-bond acceptors (Lipinski definition) is 4. The topological polar surface area (TPSA) is 78.4 Å². The molecule has 1 aliphatic carbocycles. The van der Waals surface area contributed by atoms with Crippen molar-refractivity contribution in [2.24, 2.45) is 5.73 Å². The molecule has 1 aromatic rings. The first-order valence-corrected chi connectivity index (χ1v) is 5.91.